The molecule has 3 unspecified atom stereocenters. The molecular formula is C14H28ClN3O2S. The van der Waals surface area contributed by atoms with E-state index in [1.54, 1.807) is 8.61 Å². The minimum absolute atomic E-state index is 0. The summed E-state index contributed by atoms with van der Waals surface area (Å²) in [7, 11) is -3.25. The molecule has 3 rings (SSSR count). The predicted molar refractivity (Wildman–Crippen MR) is 86.8 cm³/mol. The Kier molecular flexibility index (Phi) is 5.26. The summed E-state index contributed by atoms with van der Waals surface area (Å²) in [5.41, 5.74) is 0.208. The predicted octanol–water partition coefficient (Wildman–Crippen LogP) is 1.32. The fraction of sp³-hybridized carbons (Fsp3) is 1.00. The molecule has 3 aliphatic heterocycles. The van der Waals surface area contributed by atoms with Gasteiger partial charge in [-0.15, -0.1) is 12.4 Å². The number of piperidine rings is 1. The zero-order valence-electron chi connectivity index (χ0n) is 13.0. The monoisotopic (exact) mass is 337 g/mol. The lowest BCUT2D eigenvalue weighted by Crippen LogP contribution is -2.49. The molecule has 0 aromatic carbocycles. The van der Waals surface area contributed by atoms with Crippen LogP contribution < -0.4 is 5.32 Å². The summed E-state index contributed by atoms with van der Waals surface area (Å²) >= 11 is 0. The van der Waals surface area contributed by atoms with Crippen molar-refractivity contribution in [1.29, 1.82) is 0 Å². The van der Waals surface area contributed by atoms with E-state index in [4.69, 9.17) is 0 Å². The molecule has 0 amide bonds. The normalized spacial score (nSPS) is 38.8. The van der Waals surface area contributed by atoms with E-state index in [-0.39, 0.29) is 17.8 Å². The first-order valence-electron chi connectivity index (χ1n) is 7.87. The topological polar surface area (TPSA) is 52.7 Å². The highest BCUT2D eigenvalue weighted by Gasteiger charge is 2.46. The van der Waals surface area contributed by atoms with Gasteiger partial charge in [0.2, 0.25) is 0 Å². The molecule has 0 aromatic rings. The first-order valence-corrected chi connectivity index (χ1v) is 9.27. The fourth-order valence-electron chi connectivity index (χ4n) is 4.19. The quantitative estimate of drug-likeness (QED) is 0.826. The third-order valence-corrected chi connectivity index (χ3v) is 7.14. The molecular weight excluding hydrogens is 310 g/mol. The highest BCUT2D eigenvalue weighted by molar-refractivity contribution is 7.86. The molecule has 3 fully saturated rings. The largest absolute Gasteiger partial charge is 0.316 e. The summed E-state index contributed by atoms with van der Waals surface area (Å²) in [4.78, 5) is 0. The van der Waals surface area contributed by atoms with Gasteiger partial charge in [-0.3, -0.25) is 0 Å². The van der Waals surface area contributed by atoms with Crippen molar-refractivity contribution < 1.29 is 8.42 Å². The van der Waals surface area contributed by atoms with Gasteiger partial charge in [0.25, 0.3) is 10.2 Å². The van der Waals surface area contributed by atoms with Crippen LogP contribution in [-0.2, 0) is 10.2 Å². The van der Waals surface area contributed by atoms with Crippen molar-refractivity contribution in [3.63, 3.8) is 0 Å². The number of hydrogen-bond acceptors (Lipinski definition) is 3. The molecule has 21 heavy (non-hydrogen) atoms. The van der Waals surface area contributed by atoms with Crippen LogP contribution in [-0.4, -0.2) is 56.3 Å². The Bertz CT molecular complexity index is 455. The van der Waals surface area contributed by atoms with Crippen LogP contribution in [0.5, 0.6) is 0 Å². The van der Waals surface area contributed by atoms with E-state index in [9.17, 15) is 8.42 Å². The minimum Gasteiger partial charge on any atom is -0.316 e. The standard InChI is InChI=1S/C14H27N3O2S.ClH/c1-12-7-13(2)9-17(8-12)20(18,19)16-6-4-14(11-16)3-5-15-10-14;/h12-13,15H,3-11H2,1-2H3;1H. The van der Waals surface area contributed by atoms with E-state index >= 15 is 0 Å². The van der Waals surface area contributed by atoms with E-state index in [2.05, 4.69) is 19.2 Å². The Labute approximate surface area is 135 Å². The zero-order chi connectivity index (χ0) is 14.4. The van der Waals surface area contributed by atoms with E-state index in [0.717, 1.165) is 32.4 Å². The van der Waals surface area contributed by atoms with Crippen LogP contribution >= 0.6 is 12.4 Å². The van der Waals surface area contributed by atoms with Gasteiger partial charge in [-0.25, -0.2) is 0 Å². The van der Waals surface area contributed by atoms with Crippen molar-refractivity contribution >= 4 is 22.6 Å². The number of hydrogen-bond donors (Lipinski definition) is 1. The summed E-state index contributed by atoms with van der Waals surface area (Å²) < 4.78 is 29.2. The molecule has 5 nitrogen and oxygen atoms in total. The van der Waals surface area contributed by atoms with E-state index < -0.39 is 10.2 Å². The molecule has 0 bridgehead atoms. The van der Waals surface area contributed by atoms with E-state index in [1.165, 1.54) is 0 Å². The van der Waals surface area contributed by atoms with Crippen molar-refractivity contribution in [2.24, 2.45) is 17.3 Å². The van der Waals surface area contributed by atoms with Crippen LogP contribution in [0.3, 0.4) is 0 Å². The minimum atomic E-state index is -3.25. The highest BCUT2D eigenvalue weighted by Crippen LogP contribution is 2.38. The maximum absolute atomic E-state index is 12.9. The van der Waals surface area contributed by atoms with Crippen LogP contribution in [0.2, 0.25) is 0 Å². The maximum Gasteiger partial charge on any atom is 0.282 e. The first kappa shape index (κ1) is 17.5. The van der Waals surface area contributed by atoms with Gasteiger partial charge >= 0.3 is 0 Å². The van der Waals surface area contributed by atoms with Gasteiger partial charge < -0.3 is 5.32 Å². The Hall–Kier alpha value is 0.120. The highest BCUT2D eigenvalue weighted by atomic mass is 35.5. The lowest BCUT2D eigenvalue weighted by Gasteiger charge is -2.36. The second-order valence-corrected chi connectivity index (χ2v) is 9.21. The molecule has 0 radical (unpaired) electrons. The molecule has 3 atom stereocenters. The number of nitrogens with one attached hydrogen (secondary N) is 1. The summed E-state index contributed by atoms with van der Waals surface area (Å²) in [5.74, 6) is 0.941. The SMILES string of the molecule is CC1CC(C)CN(S(=O)(=O)N2CCC3(CCNC3)C2)C1.Cl. The number of halogens is 1. The zero-order valence-corrected chi connectivity index (χ0v) is 14.7. The second kappa shape index (κ2) is 6.32. The average Bonchev–Trinajstić information content (AvgIpc) is 2.99. The molecule has 0 aliphatic carbocycles. The Morgan fingerprint density at radius 2 is 1.76 bits per heavy atom. The lowest BCUT2D eigenvalue weighted by molar-refractivity contribution is 0.209. The Morgan fingerprint density at radius 1 is 1.10 bits per heavy atom. The maximum atomic E-state index is 12.9. The van der Waals surface area contributed by atoms with E-state index in [1.807, 2.05) is 0 Å². The van der Waals surface area contributed by atoms with Crippen LogP contribution in [0.4, 0.5) is 0 Å². The molecule has 3 saturated heterocycles. The van der Waals surface area contributed by atoms with Gasteiger partial charge in [-0.2, -0.15) is 17.0 Å². The molecule has 3 heterocycles. The van der Waals surface area contributed by atoms with Crippen molar-refractivity contribution in [3.8, 4) is 0 Å². The smallest absolute Gasteiger partial charge is 0.282 e. The van der Waals surface area contributed by atoms with Crippen molar-refractivity contribution in [1.82, 2.24) is 13.9 Å². The van der Waals surface area contributed by atoms with Gasteiger partial charge in [0, 0.05) is 32.7 Å². The number of rotatable bonds is 2. The molecule has 0 saturated carbocycles. The van der Waals surface area contributed by atoms with Gasteiger partial charge in [-0.05, 0) is 43.1 Å². The summed E-state index contributed by atoms with van der Waals surface area (Å²) in [6, 6.07) is 0. The molecule has 124 valence electrons. The van der Waals surface area contributed by atoms with Crippen molar-refractivity contribution in [3.05, 3.63) is 0 Å². The summed E-state index contributed by atoms with van der Waals surface area (Å²) in [6.45, 7) is 9.11. The Morgan fingerprint density at radius 3 is 2.33 bits per heavy atom. The molecule has 1 N–H and O–H groups in total. The van der Waals surface area contributed by atoms with Crippen LogP contribution in [0.15, 0.2) is 0 Å². The number of nitrogens with zero attached hydrogens (tertiary/aromatic N) is 2. The van der Waals surface area contributed by atoms with Crippen LogP contribution in [0.25, 0.3) is 0 Å². The molecule has 0 aromatic heterocycles. The van der Waals surface area contributed by atoms with Crippen molar-refractivity contribution in [2.45, 2.75) is 33.1 Å². The molecule has 1 spiro atoms. The molecule has 3 aliphatic rings. The second-order valence-electron chi connectivity index (χ2n) is 7.28. The third kappa shape index (κ3) is 3.39. The van der Waals surface area contributed by atoms with Gasteiger partial charge in [0.15, 0.2) is 0 Å². The van der Waals surface area contributed by atoms with Crippen LogP contribution in [0.1, 0.15) is 33.1 Å². The van der Waals surface area contributed by atoms with E-state index in [0.29, 0.717) is 38.0 Å². The molecule has 7 heteroatoms. The Balaban J connectivity index is 0.00000161. The van der Waals surface area contributed by atoms with Crippen molar-refractivity contribution in [2.75, 3.05) is 39.3 Å². The fourth-order valence-corrected chi connectivity index (χ4v) is 6.16. The lowest BCUT2D eigenvalue weighted by atomic mass is 9.87. The van der Waals surface area contributed by atoms with Gasteiger partial charge in [0.05, 0.1) is 0 Å². The van der Waals surface area contributed by atoms with Gasteiger partial charge in [0.1, 0.15) is 0 Å². The van der Waals surface area contributed by atoms with Gasteiger partial charge in [-0.1, -0.05) is 13.8 Å². The average molecular weight is 338 g/mol. The van der Waals surface area contributed by atoms with Crippen LogP contribution in [0, 0.1) is 17.3 Å². The third-order valence-electron chi connectivity index (χ3n) is 5.22. The first-order chi connectivity index (χ1) is 9.41. The summed E-state index contributed by atoms with van der Waals surface area (Å²) in [6.07, 6.45) is 3.27. The summed E-state index contributed by atoms with van der Waals surface area (Å²) in [5, 5.41) is 3.39.